The van der Waals surface area contributed by atoms with Gasteiger partial charge in [0.25, 0.3) is 0 Å². The van der Waals surface area contributed by atoms with Gasteiger partial charge in [-0.3, -0.25) is 0 Å². The highest BCUT2D eigenvalue weighted by Crippen LogP contribution is 2.25. The number of hydrogen-bond acceptors (Lipinski definition) is 3. The molecule has 0 radical (unpaired) electrons. The quantitative estimate of drug-likeness (QED) is 0.814. The number of likely N-dealkylation sites (N-methyl/N-ethyl adjacent to an activating group) is 1. The van der Waals surface area contributed by atoms with Gasteiger partial charge in [0.2, 0.25) is 0 Å². The number of benzene rings is 1. The molecule has 1 aromatic rings. The molecule has 0 spiro atoms. The van der Waals surface area contributed by atoms with Gasteiger partial charge >= 0.3 is 0 Å². The first-order valence-electron chi connectivity index (χ1n) is 6.95. The zero-order chi connectivity index (χ0) is 12.8. The molecule has 1 fully saturated rings. The van der Waals surface area contributed by atoms with Crippen molar-refractivity contribution >= 4 is 0 Å². The average Bonchev–Trinajstić information content (AvgIpc) is 2.89. The van der Waals surface area contributed by atoms with Crippen molar-refractivity contribution < 1.29 is 9.84 Å². The summed E-state index contributed by atoms with van der Waals surface area (Å²) < 4.78 is 5.94. The van der Waals surface area contributed by atoms with E-state index in [2.05, 4.69) is 5.32 Å². The molecule has 2 N–H and O–H groups in total. The molecule has 0 aromatic heterocycles. The molecule has 1 aliphatic rings. The summed E-state index contributed by atoms with van der Waals surface area (Å²) in [6.45, 7) is 3.49. The number of hydrogen-bond donors (Lipinski definition) is 2. The maximum absolute atomic E-state index is 10.0. The highest BCUT2D eigenvalue weighted by Gasteiger charge is 2.17. The molecule has 2 rings (SSSR count). The van der Waals surface area contributed by atoms with E-state index >= 15 is 0 Å². The van der Waals surface area contributed by atoms with E-state index in [9.17, 15) is 5.11 Å². The van der Waals surface area contributed by atoms with Gasteiger partial charge in [0.05, 0.1) is 12.2 Å². The fourth-order valence-corrected chi connectivity index (χ4v) is 2.39. The van der Waals surface area contributed by atoms with Crippen molar-refractivity contribution in [3.05, 3.63) is 29.8 Å². The zero-order valence-electron chi connectivity index (χ0n) is 11.1. The highest BCUT2D eigenvalue weighted by molar-refractivity contribution is 5.30. The van der Waals surface area contributed by atoms with Crippen LogP contribution in [-0.2, 0) is 0 Å². The Labute approximate surface area is 109 Å². The predicted molar refractivity (Wildman–Crippen MR) is 72.8 cm³/mol. The number of aliphatic hydroxyl groups excluding tert-OH is 1. The average molecular weight is 249 g/mol. The Morgan fingerprint density at radius 3 is 2.89 bits per heavy atom. The van der Waals surface area contributed by atoms with E-state index in [1.807, 2.05) is 31.2 Å². The van der Waals surface area contributed by atoms with Crippen LogP contribution < -0.4 is 10.1 Å². The summed E-state index contributed by atoms with van der Waals surface area (Å²) in [6, 6.07) is 7.83. The number of ether oxygens (including phenoxy) is 1. The first-order chi connectivity index (χ1) is 8.79. The van der Waals surface area contributed by atoms with Crippen molar-refractivity contribution in [2.45, 2.75) is 44.8 Å². The second kappa shape index (κ2) is 6.76. The molecular formula is C15H23NO2. The lowest BCUT2D eigenvalue weighted by Gasteiger charge is -2.16. The van der Waals surface area contributed by atoms with E-state index < -0.39 is 6.10 Å². The summed E-state index contributed by atoms with van der Waals surface area (Å²) in [5, 5.41) is 13.2. The van der Waals surface area contributed by atoms with Gasteiger partial charge in [-0.2, -0.15) is 0 Å². The summed E-state index contributed by atoms with van der Waals surface area (Å²) in [5.41, 5.74) is 0.923. The van der Waals surface area contributed by atoms with E-state index in [0.717, 1.165) is 30.7 Å². The van der Waals surface area contributed by atoms with Crippen LogP contribution in [0.5, 0.6) is 5.75 Å². The van der Waals surface area contributed by atoms with Crippen LogP contribution in [0.2, 0.25) is 0 Å². The Hall–Kier alpha value is -1.06. The minimum Gasteiger partial charge on any atom is -0.490 e. The number of aliphatic hydroxyl groups is 1. The number of nitrogens with one attached hydrogen (secondary N) is 1. The molecule has 0 heterocycles. The summed E-state index contributed by atoms with van der Waals surface area (Å²) in [6.07, 6.45) is 4.76. The molecule has 3 nitrogen and oxygen atoms in total. The lowest BCUT2D eigenvalue weighted by Crippen LogP contribution is -2.21. The third kappa shape index (κ3) is 3.72. The van der Waals surface area contributed by atoms with Crippen LogP contribution in [0.1, 0.15) is 44.3 Å². The van der Waals surface area contributed by atoms with Crippen LogP contribution in [0.25, 0.3) is 0 Å². The van der Waals surface area contributed by atoms with E-state index in [1.165, 1.54) is 12.8 Å². The molecule has 3 heteroatoms. The van der Waals surface area contributed by atoms with Gasteiger partial charge in [-0.05, 0) is 49.9 Å². The smallest absolute Gasteiger partial charge is 0.120 e. The Kier molecular flexibility index (Phi) is 5.02. The molecule has 0 aliphatic heterocycles. The second-order valence-corrected chi connectivity index (χ2v) is 4.92. The van der Waals surface area contributed by atoms with Crippen molar-refractivity contribution in [1.29, 1.82) is 0 Å². The Balaban J connectivity index is 1.95. The van der Waals surface area contributed by atoms with E-state index in [-0.39, 0.29) is 0 Å². The molecule has 1 atom stereocenters. The maximum atomic E-state index is 10.0. The van der Waals surface area contributed by atoms with Crippen LogP contribution >= 0.6 is 0 Å². The van der Waals surface area contributed by atoms with Gasteiger partial charge in [-0.25, -0.2) is 0 Å². The normalized spacial score (nSPS) is 17.9. The first kappa shape index (κ1) is 13.4. The van der Waals surface area contributed by atoms with Gasteiger partial charge in [0.15, 0.2) is 0 Å². The summed E-state index contributed by atoms with van der Waals surface area (Å²) in [7, 11) is 0. The fraction of sp³-hybridized carbons (Fsp3) is 0.600. The molecule has 1 unspecified atom stereocenters. The van der Waals surface area contributed by atoms with Gasteiger partial charge in [-0.15, -0.1) is 0 Å². The van der Waals surface area contributed by atoms with Crippen molar-refractivity contribution in [1.82, 2.24) is 5.32 Å². The largest absolute Gasteiger partial charge is 0.490 e. The molecule has 0 saturated heterocycles. The molecule has 1 aliphatic carbocycles. The van der Waals surface area contributed by atoms with Gasteiger partial charge < -0.3 is 15.2 Å². The minimum absolute atomic E-state index is 0.367. The summed E-state index contributed by atoms with van der Waals surface area (Å²) >= 11 is 0. The van der Waals surface area contributed by atoms with Crippen LogP contribution in [0, 0.1) is 0 Å². The van der Waals surface area contributed by atoms with Crippen LogP contribution in [0.3, 0.4) is 0 Å². The molecule has 0 bridgehead atoms. The van der Waals surface area contributed by atoms with Crippen molar-refractivity contribution in [3.8, 4) is 5.75 Å². The first-order valence-corrected chi connectivity index (χ1v) is 6.95. The second-order valence-electron chi connectivity index (χ2n) is 4.92. The minimum atomic E-state index is -0.461. The van der Waals surface area contributed by atoms with Crippen molar-refractivity contribution in [2.24, 2.45) is 0 Å². The lowest BCUT2D eigenvalue weighted by atomic mass is 10.1. The van der Waals surface area contributed by atoms with Gasteiger partial charge in [-0.1, -0.05) is 19.1 Å². The van der Waals surface area contributed by atoms with E-state index in [4.69, 9.17) is 4.74 Å². The van der Waals surface area contributed by atoms with E-state index in [1.54, 1.807) is 0 Å². The van der Waals surface area contributed by atoms with Gasteiger partial charge in [0.1, 0.15) is 5.75 Å². The third-order valence-corrected chi connectivity index (χ3v) is 3.44. The Bertz CT molecular complexity index is 361. The SMILES string of the molecule is CCNCC(O)c1cccc(OC2CCCC2)c1. The fourth-order valence-electron chi connectivity index (χ4n) is 2.39. The molecular weight excluding hydrogens is 226 g/mol. The highest BCUT2D eigenvalue weighted by atomic mass is 16.5. The van der Waals surface area contributed by atoms with Crippen LogP contribution in [0.4, 0.5) is 0 Å². The summed E-state index contributed by atoms with van der Waals surface area (Å²) in [4.78, 5) is 0. The van der Waals surface area contributed by atoms with E-state index in [0.29, 0.717) is 12.6 Å². The Morgan fingerprint density at radius 1 is 1.39 bits per heavy atom. The van der Waals surface area contributed by atoms with Crippen LogP contribution in [-0.4, -0.2) is 24.3 Å². The Morgan fingerprint density at radius 2 is 2.17 bits per heavy atom. The molecule has 1 saturated carbocycles. The standard InChI is InChI=1S/C15H23NO2/c1-2-16-11-15(17)12-6-5-9-14(10-12)18-13-7-3-4-8-13/h5-6,9-10,13,15-17H,2-4,7-8,11H2,1H3. The number of rotatable bonds is 6. The monoisotopic (exact) mass is 249 g/mol. The zero-order valence-corrected chi connectivity index (χ0v) is 11.1. The topological polar surface area (TPSA) is 41.5 Å². The summed E-state index contributed by atoms with van der Waals surface area (Å²) in [5.74, 6) is 0.884. The van der Waals surface area contributed by atoms with Crippen LogP contribution in [0.15, 0.2) is 24.3 Å². The molecule has 18 heavy (non-hydrogen) atoms. The van der Waals surface area contributed by atoms with Crippen molar-refractivity contribution in [3.63, 3.8) is 0 Å². The molecule has 1 aromatic carbocycles. The predicted octanol–water partition coefficient (Wildman–Crippen LogP) is 2.65. The molecule has 0 amide bonds. The maximum Gasteiger partial charge on any atom is 0.120 e. The lowest BCUT2D eigenvalue weighted by molar-refractivity contribution is 0.173. The van der Waals surface area contributed by atoms with Crippen molar-refractivity contribution in [2.75, 3.05) is 13.1 Å². The third-order valence-electron chi connectivity index (χ3n) is 3.44. The molecule has 100 valence electrons. The van der Waals surface area contributed by atoms with Gasteiger partial charge in [0, 0.05) is 6.54 Å².